The number of halogens is 1. The van der Waals surface area contributed by atoms with Gasteiger partial charge in [-0.3, -0.25) is 14.8 Å². The van der Waals surface area contributed by atoms with Gasteiger partial charge in [0, 0.05) is 11.9 Å². The molecule has 156 valence electrons. The Morgan fingerprint density at radius 3 is 2.83 bits per heavy atom. The molecule has 0 spiro atoms. The molecule has 3 rings (SSSR count). The van der Waals surface area contributed by atoms with Gasteiger partial charge in [-0.15, -0.1) is 11.3 Å². The van der Waals surface area contributed by atoms with Crippen LogP contribution in [0.5, 0.6) is 0 Å². The summed E-state index contributed by atoms with van der Waals surface area (Å²) in [7, 11) is 1.62. The monoisotopic (exact) mass is 454 g/mol. The SMILES string of the molecule is CCOC(=O)c1c(NC(=S)NC(=O)c2c(Cl)cnn2C)sc2c1CC[C@H](CC)C2. The molecule has 2 heterocycles. The van der Waals surface area contributed by atoms with Crippen LogP contribution in [0.4, 0.5) is 5.00 Å². The van der Waals surface area contributed by atoms with Crippen molar-refractivity contribution in [1.82, 2.24) is 15.1 Å². The number of anilines is 1. The van der Waals surface area contributed by atoms with Crippen LogP contribution in [0.15, 0.2) is 6.20 Å². The standard InChI is InChI=1S/C19H23ClN4O3S2/c1-4-10-6-7-11-13(8-10)29-17(14(11)18(26)27-5-2)23-19(28)22-16(25)15-12(20)9-21-24(15)3/h9-10H,4-8H2,1-3H3,(H2,22,23,25,28)/t10-/m0/s1. The van der Waals surface area contributed by atoms with E-state index in [1.54, 1.807) is 14.0 Å². The Morgan fingerprint density at radius 1 is 1.45 bits per heavy atom. The molecule has 0 aromatic carbocycles. The number of esters is 1. The molecule has 0 saturated heterocycles. The predicted octanol–water partition coefficient (Wildman–Crippen LogP) is 3.95. The lowest BCUT2D eigenvalue weighted by atomic mass is 9.86. The van der Waals surface area contributed by atoms with Crippen molar-refractivity contribution in [2.75, 3.05) is 11.9 Å². The lowest BCUT2D eigenvalue weighted by molar-refractivity contribution is 0.0526. The molecular weight excluding hydrogens is 432 g/mol. The summed E-state index contributed by atoms with van der Waals surface area (Å²) >= 11 is 12.8. The van der Waals surface area contributed by atoms with Gasteiger partial charge in [0.2, 0.25) is 0 Å². The number of hydrogen-bond donors (Lipinski definition) is 2. The fraction of sp³-hybridized carbons (Fsp3) is 0.474. The third-order valence-electron chi connectivity index (χ3n) is 4.99. The number of aromatic nitrogens is 2. The second kappa shape index (κ2) is 9.23. The Balaban J connectivity index is 1.82. The van der Waals surface area contributed by atoms with Crippen molar-refractivity contribution in [2.24, 2.45) is 13.0 Å². The molecule has 2 aromatic rings. The molecule has 1 atom stereocenters. The highest BCUT2D eigenvalue weighted by atomic mass is 35.5. The van der Waals surface area contributed by atoms with Crippen LogP contribution in [-0.4, -0.2) is 33.4 Å². The molecule has 0 fully saturated rings. The van der Waals surface area contributed by atoms with E-state index in [0.717, 1.165) is 31.2 Å². The van der Waals surface area contributed by atoms with Gasteiger partial charge in [-0.05, 0) is 49.9 Å². The van der Waals surface area contributed by atoms with Crippen LogP contribution in [0.3, 0.4) is 0 Å². The van der Waals surface area contributed by atoms with Crippen LogP contribution >= 0.6 is 35.2 Å². The average molecular weight is 455 g/mol. The van der Waals surface area contributed by atoms with Crippen molar-refractivity contribution in [3.8, 4) is 0 Å². The predicted molar refractivity (Wildman–Crippen MR) is 118 cm³/mol. The molecule has 1 aliphatic rings. The van der Waals surface area contributed by atoms with Crippen LogP contribution in [0.25, 0.3) is 0 Å². The Labute approximate surface area is 183 Å². The molecule has 1 aliphatic carbocycles. The fourth-order valence-corrected chi connectivity index (χ4v) is 5.34. The van der Waals surface area contributed by atoms with Gasteiger partial charge in [0.25, 0.3) is 5.91 Å². The molecule has 7 nitrogen and oxygen atoms in total. The number of hydrogen-bond acceptors (Lipinski definition) is 6. The highest BCUT2D eigenvalue weighted by Gasteiger charge is 2.29. The first-order valence-corrected chi connectivity index (χ1v) is 11.1. The van der Waals surface area contributed by atoms with Crippen molar-refractivity contribution in [2.45, 2.75) is 39.5 Å². The molecule has 0 bridgehead atoms. The van der Waals surface area contributed by atoms with Gasteiger partial charge in [-0.25, -0.2) is 4.79 Å². The minimum absolute atomic E-state index is 0.0865. The zero-order valence-corrected chi connectivity index (χ0v) is 18.9. The third-order valence-corrected chi connectivity index (χ3v) is 6.64. The largest absolute Gasteiger partial charge is 0.462 e. The molecular formula is C19H23ClN4O3S2. The van der Waals surface area contributed by atoms with Crippen LogP contribution in [0.2, 0.25) is 5.02 Å². The Kier molecular flexibility index (Phi) is 6.92. The lowest BCUT2D eigenvalue weighted by Crippen LogP contribution is -2.35. The Morgan fingerprint density at radius 2 is 2.21 bits per heavy atom. The molecule has 2 N–H and O–H groups in total. The summed E-state index contributed by atoms with van der Waals surface area (Å²) < 4.78 is 6.64. The zero-order chi connectivity index (χ0) is 21.1. The molecule has 10 heteroatoms. The summed E-state index contributed by atoms with van der Waals surface area (Å²) in [6.45, 7) is 4.25. The zero-order valence-electron chi connectivity index (χ0n) is 16.5. The normalized spacial score (nSPS) is 15.5. The summed E-state index contributed by atoms with van der Waals surface area (Å²) in [5, 5.41) is 10.5. The quantitative estimate of drug-likeness (QED) is 0.525. The minimum atomic E-state index is -0.474. The van der Waals surface area contributed by atoms with Crippen LogP contribution < -0.4 is 10.6 Å². The maximum absolute atomic E-state index is 12.6. The summed E-state index contributed by atoms with van der Waals surface area (Å²) in [5.74, 6) is -0.230. The number of thiophene rings is 1. The fourth-order valence-electron chi connectivity index (χ4n) is 3.47. The van der Waals surface area contributed by atoms with E-state index in [1.807, 2.05) is 0 Å². The van der Waals surface area contributed by atoms with Crippen LogP contribution in [-0.2, 0) is 24.6 Å². The summed E-state index contributed by atoms with van der Waals surface area (Å²) in [4.78, 5) is 26.3. The number of rotatable bonds is 5. The summed E-state index contributed by atoms with van der Waals surface area (Å²) in [6, 6.07) is 0. The van der Waals surface area contributed by atoms with E-state index in [9.17, 15) is 9.59 Å². The van der Waals surface area contributed by atoms with Crippen molar-refractivity contribution in [3.05, 3.63) is 32.9 Å². The van der Waals surface area contributed by atoms with Crippen LogP contribution in [0.1, 0.15) is 58.0 Å². The number of ether oxygens (including phenoxy) is 1. The maximum atomic E-state index is 12.6. The number of fused-ring (bicyclic) bond motifs is 1. The van der Waals surface area contributed by atoms with Crippen molar-refractivity contribution >= 4 is 57.1 Å². The van der Waals surface area contributed by atoms with Crippen molar-refractivity contribution < 1.29 is 14.3 Å². The highest BCUT2D eigenvalue weighted by molar-refractivity contribution is 7.80. The minimum Gasteiger partial charge on any atom is -0.462 e. The second-order valence-electron chi connectivity index (χ2n) is 6.82. The molecule has 0 unspecified atom stereocenters. The van der Waals surface area contributed by atoms with E-state index in [4.69, 9.17) is 28.6 Å². The van der Waals surface area contributed by atoms with Gasteiger partial charge < -0.3 is 10.1 Å². The Hall–Kier alpha value is -1.97. The highest BCUT2D eigenvalue weighted by Crippen LogP contribution is 2.40. The van der Waals surface area contributed by atoms with E-state index in [-0.39, 0.29) is 21.8 Å². The topological polar surface area (TPSA) is 85.2 Å². The number of amides is 1. The Bertz CT molecular complexity index is 934. The maximum Gasteiger partial charge on any atom is 0.341 e. The summed E-state index contributed by atoms with van der Waals surface area (Å²) in [6.07, 6.45) is 5.32. The molecule has 0 aliphatic heterocycles. The summed E-state index contributed by atoms with van der Waals surface area (Å²) in [5.41, 5.74) is 1.76. The van der Waals surface area contributed by atoms with Crippen molar-refractivity contribution in [1.29, 1.82) is 0 Å². The number of aryl methyl sites for hydroxylation is 1. The van der Waals surface area contributed by atoms with Gasteiger partial charge in [0.1, 0.15) is 10.7 Å². The number of carbonyl (C=O) groups is 2. The van der Waals surface area contributed by atoms with Gasteiger partial charge in [-0.2, -0.15) is 5.10 Å². The third kappa shape index (κ3) is 4.62. The molecule has 1 amide bonds. The van der Waals surface area contributed by atoms with Gasteiger partial charge in [0.15, 0.2) is 5.11 Å². The lowest BCUT2D eigenvalue weighted by Gasteiger charge is -2.21. The smallest absolute Gasteiger partial charge is 0.341 e. The first-order chi connectivity index (χ1) is 13.8. The van der Waals surface area contributed by atoms with E-state index in [0.29, 0.717) is 23.1 Å². The molecule has 2 aromatic heterocycles. The second-order valence-corrected chi connectivity index (χ2v) is 8.74. The average Bonchev–Trinajstić information content (AvgIpc) is 3.19. The molecule has 29 heavy (non-hydrogen) atoms. The van der Waals surface area contributed by atoms with E-state index in [1.165, 1.54) is 27.1 Å². The number of nitrogens with one attached hydrogen (secondary N) is 2. The van der Waals surface area contributed by atoms with Gasteiger partial charge >= 0.3 is 5.97 Å². The van der Waals surface area contributed by atoms with E-state index in [2.05, 4.69) is 22.7 Å². The van der Waals surface area contributed by atoms with Gasteiger partial charge in [0.05, 0.1) is 23.4 Å². The number of carbonyl (C=O) groups excluding carboxylic acids is 2. The number of nitrogens with zero attached hydrogens (tertiary/aromatic N) is 2. The first kappa shape index (κ1) is 21.7. The van der Waals surface area contributed by atoms with Crippen molar-refractivity contribution in [3.63, 3.8) is 0 Å². The first-order valence-electron chi connectivity index (χ1n) is 9.47. The molecule has 0 radical (unpaired) electrons. The molecule has 0 saturated carbocycles. The van der Waals surface area contributed by atoms with Gasteiger partial charge in [-0.1, -0.05) is 24.9 Å². The number of thiocarbonyl (C=S) groups is 1. The van der Waals surface area contributed by atoms with E-state index >= 15 is 0 Å². The van der Waals surface area contributed by atoms with Crippen LogP contribution in [0, 0.1) is 5.92 Å². The van der Waals surface area contributed by atoms with E-state index < -0.39 is 5.91 Å².